The monoisotopic (exact) mass is 338 g/mol. The number of aryl methyl sites for hydroxylation is 1. The van der Waals surface area contributed by atoms with Gasteiger partial charge in [-0.3, -0.25) is 0 Å². The molecule has 0 aliphatic rings. The molecule has 3 rings (SSSR count). The van der Waals surface area contributed by atoms with E-state index in [2.05, 4.69) is 28.2 Å². The second kappa shape index (κ2) is 5.80. The van der Waals surface area contributed by atoms with Gasteiger partial charge in [0.1, 0.15) is 0 Å². The van der Waals surface area contributed by atoms with Crippen molar-refractivity contribution in [3.05, 3.63) is 63.2 Å². The topological polar surface area (TPSA) is 17.0 Å². The summed E-state index contributed by atoms with van der Waals surface area (Å²) in [6.45, 7) is 0.666. The van der Waals surface area contributed by atoms with Gasteiger partial charge in [0.2, 0.25) is 0 Å². The number of nitrogens with zero attached hydrogens (tertiary/aromatic N) is 1. The van der Waals surface area contributed by atoms with Gasteiger partial charge in [-0.15, -0.1) is 0 Å². The van der Waals surface area contributed by atoms with E-state index in [4.69, 9.17) is 34.8 Å². The third-order valence-electron chi connectivity index (χ3n) is 3.46. The van der Waals surface area contributed by atoms with Crippen molar-refractivity contribution < 1.29 is 0 Å². The van der Waals surface area contributed by atoms with E-state index in [9.17, 15) is 0 Å². The number of aromatic nitrogens is 1. The zero-order valence-corrected chi connectivity index (χ0v) is 13.6. The van der Waals surface area contributed by atoms with Crippen molar-refractivity contribution in [1.29, 1.82) is 0 Å². The third kappa shape index (κ3) is 2.84. The molecule has 0 atom stereocenters. The molecule has 1 heterocycles. The standard InChI is InChI=1S/C16H13Cl3N2/c1-21-9-10(11-4-2-3-5-16(11)21)8-20-15-7-13(18)12(17)6-14(15)19/h2-7,9,20H,8H2,1H3. The molecule has 2 nitrogen and oxygen atoms in total. The minimum atomic E-state index is 0.456. The molecule has 0 bridgehead atoms. The van der Waals surface area contributed by atoms with Crippen LogP contribution in [0.2, 0.25) is 15.1 Å². The van der Waals surface area contributed by atoms with E-state index in [0.717, 1.165) is 5.69 Å². The second-order valence-electron chi connectivity index (χ2n) is 4.88. The van der Waals surface area contributed by atoms with Gasteiger partial charge in [0.25, 0.3) is 0 Å². The quantitative estimate of drug-likeness (QED) is 0.601. The Morgan fingerprint density at radius 1 is 1.00 bits per heavy atom. The molecule has 1 N–H and O–H groups in total. The van der Waals surface area contributed by atoms with E-state index in [1.807, 2.05) is 19.2 Å². The van der Waals surface area contributed by atoms with E-state index in [-0.39, 0.29) is 0 Å². The highest BCUT2D eigenvalue weighted by atomic mass is 35.5. The Morgan fingerprint density at radius 3 is 2.52 bits per heavy atom. The molecule has 21 heavy (non-hydrogen) atoms. The highest BCUT2D eigenvalue weighted by Gasteiger charge is 2.08. The first-order valence-corrected chi connectivity index (χ1v) is 7.61. The lowest BCUT2D eigenvalue weighted by molar-refractivity contribution is 0.956. The van der Waals surface area contributed by atoms with E-state index in [1.165, 1.54) is 16.5 Å². The Balaban J connectivity index is 1.89. The van der Waals surface area contributed by atoms with Crippen molar-refractivity contribution in [2.45, 2.75) is 6.54 Å². The fourth-order valence-electron chi connectivity index (χ4n) is 2.41. The van der Waals surface area contributed by atoms with Crippen LogP contribution in [0.3, 0.4) is 0 Å². The van der Waals surface area contributed by atoms with Crippen molar-refractivity contribution in [1.82, 2.24) is 4.57 Å². The molecule has 0 saturated carbocycles. The highest BCUT2D eigenvalue weighted by molar-refractivity contribution is 6.44. The first kappa shape index (κ1) is 14.6. The summed E-state index contributed by atoms with van der Waals surface area (Å²) in [6.07, 6.45) is 2.11. The number of anilines is 1. The highest BCUT2D eigenvalue weighted by Crippen LogP contribution is 2.32. The number of rotatable bonds is 3. The molecule has 0 radical (unpaired) electrons. The first-order valence-electron chi connectivity index (χ1n) is 6.47. The molecule has 0 fully saturated rings. The molecule has 0 amide bonds. The number of hydrogen-bond donors (Lipinski definition) is 1. The maximum Gasteiger partial charge on any atom is 0.0653 e. The summed E-state index contributed by atoms with van der Waals surface area (Å²) in [7, 11) is 2.04. The minimum absolute atomic E-state index is 0.456. The molecule has 2 aromatic carbocycles. The summed E-state index contributed by atoms with van der Waals surface area (Å²) in [6, 6.07) is 11.7. The lowest BCUT2D eigenvalue weighted by Crippen LogP contribution is -1.99. The van der Waals surface area contributed by atoms with Gasteiger partial charge in [0, 0.05) is 30.7 Å². The van der Waals surface area contributed by atoms with E-state index >= 15 is 0 Å². The molecular formula is C16H13Cl3N2. The third-order valence-corrected chi connectivity index (χ3v) is 4.49. The van der Waals surface area contributed by atoms with Crippen LogP contribution in [0.5, 0.6) is 0 Å². The number of nitrogens with one attached hydrogen (secondary N) is 1. The van der Waals surface area contributed by atoms with Crippen molar-refractivity contribution in [3.8, 4) is 0 Å². The number of fused-ring (bicyclic) bond motifs is 1. The molecule has 0 spiro atoms. The Hall–Kier alpha value is -1.35. The molecule has 1 aromatic heterocycles. The molecular weight excluding hydrogens is 327 g/mol. The Bertz CT molecular complexity index is 809. The van der Waals surface area contributed by atoms with Gasteiger partial charge in [-0.25, -0.2) is 0 Å². The van der Waals surface area contributed by atoms with Crippen LogP contribution in [-0.4, -0.2) is 4.57 Å². The predicted molar refractivity (Wildman–Crippen MR) is 91.7 cm³/mol. The zero-order chi connectivity index (χ0) is 15.0. The Labute approximate surface area is 138 Å². The molecule has 0 aliphatic carbocycles. The van der Waals surface area contributed by atoms with Crippen LogP contribution in [-0.2, 0) is 13.6 Å². The van der Waals surface area contributed by atoms with E-state index in [1.54, 1.807) is 12.1 Å². The molecule has 0 unspecified atom stereocenters. The van der Waals surface area contributed by atoms with Gasteiger partial charge in [-0.05, 0) is 23.8 Å². The Morgan fingerprint density at radius 2 is 1.71 bits per heavy atom. The first-order chi connectivity index (χ1) is 10.1. The van der Waals surface area contributed by atoms with Gasteiger partial charge in [0.15, 0.2) is 0 Å². The normalized spacial score (nSPS) is 11.0. The molecule has 108 valence electrons. The minimum Gasteiger partial charge on any atom is -0.380 e. The van der Waals surface area contributed by atoms with Crippen molar-refractivity contribution in [2.75, 3.05) is 5.32 Å². The van der Waals surface area contributed by atoms with Crippen LogP contribution in [0.4, 0.5) is 5.69 Å². The van der Waals surface area contributed by atoms with Gasteiger partial charge in [-0.1, -0.05) is 53.0 Å². The lowest BCUT2D eigenvalue weighted by atomic mass is 10.2. The molecule has 0 aliphatic heterocycles. The zero-order valence-electron chi connectivity index (χ0n) is 11.3. The SMILES string of the molecule is Cn1cc(CNc2cc(Cl)c(Cl)cc2Cl)c2ccccc21. The average molecular weight is 340 g/mol. The predicted octanol–water partition coefficient (Wildman–Crippen LogP) is 5.75. The van der Waals surface area contributed by atoms with Gasteiger partial charge in [0.05, 0.1) is 20.8 Å². The summed E-state index contributed by atoms with van der Waals surface area (Å²) < 4.78 is 2.11. The lowest BCUT2D eigenvalue weighted by Gasteiger charge is -2.09. The summed E-state index contributed by atoms with van der Waals surface area (Å²) >= 11 is 18.1. The fourth-order valence-corrected chi connectivity index (χ4v) is 3.03. The molecule has 5 heteroatoms. The largest absolute Gasteiger partial charge is 0.380 e. The van der Waals surface area contributed by atoms with Crippen molar-refractivity contribution >= 4 is 51.4 Å². The van der Waals surface area contributed by atoms with Crippen LogP contribution < -0.4 is 5.32 Å². The number of para-hydroxylation sites is 1. The summed E-state index contributed by atoms with van der Waals surface area (Å²) in [5.41, 5.74) is 3.18. The van der Waals surface area contributed by atoms with E-state index in [0.29, 0.717) is 21.6 Å². The molecule has 0 saturated heterocycles. The van der Waals surface area contributed by atoms with Gasteiger partial charge >= 0.3 is 0 Å². The maximum atomic E-state index is 6.18. The van der Waals surface area contributed by atoms with Crippen LogP contribution >= 0.6 is 34.8 Å². The van der Waals surface area contributed by atoms with Gasteiger partial charge < -0.3 is 9.88 Å². The fraction of sp³-hybridized carbons (Fsp3) is 0.125. The smallest absolute Gasteiger partial charge is 0.0653 e. The van der Waals surface area contributed by atoms with Crippen LogP contribution in [0.1, 0.15) is 5.56 Å². The number of benzene rings is 2. The summed E-state index contributed by atoms with van der Waals surface area (Å²) in [5, 5.41) is 6.04. The van der Waals surface area contributed by atoms with Crippen LogP contribution in [0, 0.1) is 0 Å². The van der Waals surface area contributed by atoms with Crippen molar-refractivity contribution in [2.24, 2.45) is 7.05 Å². The maximum absolute atomic E-state index is 6.18. The number of halogens is 3. The van der Waals surface area contributed by atoms with E-state index < -0.39 is 0 Å². The Kier molecular flexibility index (Phi) is 4.03. The van der Waals surface area contributed by atoms with Crippen LogP contribution in [0.25, 0.3) is 10.9 Å². The van der Waals surface area contributed by atoms with Crippen LogP contribution in [0.15, 0.2) is 42.6 Å². The van der Waals surface area contributed by atoms with Gasteiger partial charge in [-0.2, -0.15) is 0 Å². The molecule has 3 aromatic rings. The summed E-state index contributed by atoms with van der Waals surface area (Å²) in [5.74, 6) is 0. The summed E-state index contributed by atoms with van der Waals surface area (Å²) in [4.78, 5) is 0. The van der Waals surface area contributed by atoms with Crippen molar-refractivity contribution in [3.63, 3.8) is 0 Å². The average Bonchev–Trinajstić information content (AvgIpc) is 2.79. The number of hydrogen-bond acceptors (Lipinski definition) is 1. The second-order valence-corrected chi connectivity index (χ2v) is 6.10.